The van der Waals surface area contributed by atoms with Gasteiger partial charge in [-0.3, -0.25) is 9.89 Å². The van der Waals surface area contributed by atoms with E-state index >= 15 is 0 Å². The Morgan fingerprint density at radius 3 is 2.65 bits per heavy atom. The largest absolute Gasteiger partial charge is 0.376 e. The van der Waals surface area contributed by atoms with Gasteiger partial charge in [-0.2, -0.15) is 0 Å². The lowest BCUT2D eigenvalue weighted by Crippen LogP contribution is -2.50. The first-order valence-electron chi connectivity index (χ1n) is 10.6. The van der Waals surface area contributed by atoms with Gasteiger partial charge in [0.05, 0.1) is 25.4 Å². The van der Waals surface area contributed by atoms with E-state index in [1.807, 2.05) is 7.05 Å². The van der Waals surface area contributed by atoms with E-state index in [2.05, 4.69) is 34.4 Å². The molecule has 6 nitrogen and oxygen atoms in total. The van der Waals surface area contributed by atoms with Crippen LogP contribution in [-0.4, -0.2) is 76.1 Å². The summed E-state index contributed by atoms with van der Waals surface area (Å²) in [7, 11) is 1.81. The molecule has 1 saturated carbocycles. The lowest BCUT2D eigenvalue weighted by Gasteiger charge is -2.34. The minimum atomic E-state index is 0.225. The molecule has 0 aromatic rings. The lowest BCUT2D eigenvalue weighted by molar-refractivity contribution is -0.0284. The fourth-order valence-corrected chi connectivity index (χ4v) is 3.82. The summed E-state index contributed by atoms with van der Waals surface area (Å²) in [4.78, 5) is 6.81. The van der Waals surface area contributed by atoms with Crippen molar-refractivity contribution in [2.45, 2.75) is 64.6 Å². The molecule has 2 rings (SSSR count). The van der Waals surface area contributed by atoms with Crippen molar-refractivity contribution in [2.24, 2.45) is 10.9 Å². The zero-order valence-electron chi connectivity index (χ0n) is 17.1. The third-order valence-corrected chi connectivity index (χ3v) is 5.12. The molecule has 6 heteroatoms. The molecule has 0 aromatic heterocycles. The molecule has 0 amide bonds. The third kappa shape index (κ3) is 8.69. The minimum absolute atomic E-state index is 0.225. The van der Waals surface area contributed by atoms with Crippen LogP contribution in [0.3, 0.4) is 0 Å². The summed E-state index contributed by atoms with van der Waals surface area (Å²) in [6.07, 6.45) is 8.49. The molecule has 0 aromatic carbocycles. The van der Waals surface area contributed by atoms with Gasteiger partial charge < -0.3 is 20.1 Å². The van der Waals surface area contributed by atoms with E-state index in [0.717, 1.165) is 51.9 Å². The Morgan fingerprint density at radius 1 is 1.19 bits per heavy atom. The van der Waals surface area contributed by atoms with Crippen LogP contribution in [0.4, 0.5) is 0 Å². The first-order valence-corrected chi connectivity index (χ1v) is 10.6. The Kier molecular flexibility index (Phi) is 10.3. The summed E-state index contributed by atoms with van der Waals surface area (Å²) in [6, 6.07) is 0. The summed E-state index contributed by atoms with van der Waals surface area (Å²) in [5.41, 5.74) is 0. The van der Waals surface area contributed by atoms with Crippen LogP contribution in [0, 0.1) is 5.92 Å². The van der Waals surface area contributed by atoms with Crippen LogP contribution in [0.25, 0.3) is 0 Å². The Bertz CT molecular complexity index is 395. The Morgan fingerprint density at radius 2 is 1.96 bits per heavy atom. The van der Waals surface area contributed by atoms with Crippen molar-refractivity contribution in [2.75, 3.05) is 53.0 Å². The molecule has 1 saturated heterocycles. The van der Waals surface area contributed by atoms with Gasteiger partial charge in [0, 0.05) is 39.8 Å². The van der Waals surface area contributed by atoms with Crippen molar-refractivity contribution in [3.05, 3.63) is 0 Å². The van der Waals surface area contributed by atoms with Crippen LogP contribution in [0.1, 0.15) is 52.4 Å². The van der Waals surface area contributed by atoms with Crippen LogP contribution in [0.2, 0.25) is 0 Å². The predicted octanol–water partition coefficient (Wildman–Crippen LogP) is 2.25. The second kappa shape index (κ2) is 12.5. The number of ether oxygens (including phenoxy) is 2. The van der Waals surface area contributed by atoms with Crippen LogP contribution in [0.5, 0.6) is 0 Å². The number of nitrogens with one attached hydrogen (secondary N) is 2. The van der Waals surface area contributed by atoms with Gasteiger partial charge in [0.2, 0.25) is 0 Å². The topological polar surface area (TPSA) is 58.1 Å². The molecule has 2 N–H and O–H groups in total. The van der Waals surface area contributed by atoms with Gasteiger partial charge in [-0.1, -0.05) is 39.5 Å². The van der Waals surface area contributed by atoms with Crippen LogP contribution in [0.15, 0.2) is 4.99 Å². The molecule has 1 heterocycles. The zero-order valence-corrected chi connectivity index (χ0v) is 17.1. The summed E-state index contributed by atoms with van der Waals surface area (Å²) in [5, 5.41) is 6.75. The number of guanidine groups is 1. The Balaban J connectivity index is 1.58. The molecule has 1 unspecified atom stereocenters. The molecular formula is C20H40N4O2. The second-order valence-corrected chi connectivity index (χ2v) is 8.01. The maximum atomic E-state index is 6.03. The standard InChI is InChI=1S/C20H40N4O2/c1-17(2)15-24-11-13-26-19(16-24)14-23-20(21-3)22-10-12-25-18-8-6-4-5-7-9-18/h17-19H,4-16H2,1-3H3,(H2,21,22,23). The van der Waals surface area contributed by atoms with Gasteiger partial charge in [-0.05, 0) is 18.8 Å². The highest BCUT2D eigenvalue weighted by atomic mass is 16.5. The average Bonchev–Trinajstić information content (AvgIpc) is 2.90. The summed E-state index contributed by atoms with van der Waals surface area (Å²) >= 11 is 0. The number of hydrogen-bond acceptors (Lipinski definition) is 4. The first-order chi connectivity index (χ1) is 12.7. The van der Waals surface area contributed by atoms with Crippen molar-refractivity contribution >= 4 is 5.96 Å². The van der Waals surface area contributed by atoms with E-state index in [-0.39, 0.29) is 6.10 Å². The molecule has 0 spiro atoms. The maximum Gasteiger partial charge on any atom is 0.191 e. The van der Waals surface area contributed by atoms with E-state index in [4.69, 9.17) is 9.47 Å². The zero-order chi connectivity index (χ0) is 18.6. The van der Waals surface area contributed by atoms with Gasteiger partial charge in [0.15, 0.2) is 5.96 Å². The number of rotatable bonds is 8. The summed E-state index contributed by atoms with van der Waals surface area (Å²) < 4.78 is 11.9. The van der Waals surface area contributed by atoms with Crippen molar-refractivity contribution in [1.82, 2.24) is 15.5 Å². The maximum absolute atomic E-state index is 6.03. The van der Waals surface area contributed by atoms with E-state index in [9.17, 15) is 0 Å². The molecule has 26 heavy (non-hydrogen) atoms. The molecule has 0 radical (unpaired) electrons. The molecule has 152 valence electrons. The fourth-order valence-electron chi connectivity index (χ4n) is 3.82. The quantitative estimate of drug-likeness (QED) is 0.298. The summed E-state index contributed by atoms with van der Waals surface area (Å²) in [5.74, 6) is 1.53. The SMILES string of the molecule is CN=C(NCCOC1CCCCCC1)NCC1CN(CC(C)C)CCO1. The van der Waals surface area contributed by atoms with Crippen molar-refractivity contribution < 1.29 is 9.47 Å². The van der Waals surface area contributed by atoms with Gasteiger partial charge in [-0.15, -0.1) is 0 Å². The highest BCUT2D eigenvalue weighted by Crippen LogP contribution is 2.19. The van der Waals surface area contributed by atoms with E-state index < -0.39 is 0 Å². The number of hydrogen-bond donors (Lipinski definition) is 2. The van der Waals surface area contributed by atoms with Crippen LogP contribution in [-0.2, 0) is 9.47 Å². The van der Waals surface area contributed by atoms with Crippen molar-refractivity contribution in [3.63, 3.8) is 0 Å². The first kappa shape index (κ1) is 21.5. The number of aliphatic imine (C=N–C) groups is 1. The van der Waals surface area contributed by atoms with Crippen LogP contribution < -0.4 is 10.6 Å². The van der Waals surface area contributed by atoms with Gasteiger partial charge in [-0.25, -0.2) is 0 Å². The van der Waals surface area contributed by atoms with E-state index in [0.29, 0.717) is 12.0 Å². The Hall–Kier alpha value is -0.850. The highest BCUT2D eigenvalue weighted by molar-refractivity contribution is 5.79. The molecule has 2 fully saturated rings. The van der Waals surface area contributed by atoms with Crippen molar-refractivity contribution in [1.29, 1.82) is 0 Å². The molecule has 1 aliphatic carbocycles. The molecule has 0 bridgehead atoms. The van der Waals surface area contributed by atoms with Gasteiger partial charge in [0.25, 0.3) is 0 Å². The third-order valence-electron chi connectivity index (χ3n) is 5.12. The van der Waals surface area contributed by atoms with Crippen molar-refractivity contribution in [3.8, 4) is 0 Å². The monoisotopic (exact) mass is 368 g/mol. The van der Waals surface area contributed by atoms with E-state index in [1.54, 1.807) is 0 Å². The normalized spacial score (nSPS) is 23.8. The second-order valence-electron chi connectivity index (χ2n) is 8.01. The highest BCUT2D eigenvalue weighted by Gasteiger charge is 2.21. The number of morpholine rings is 1. The minimum Gasteiger partial charge on any atom is -0.376 e. The van der Waals surface area contributed by atoms with Gasteiger partial charge >= 0.3 is 0 Å². The molecule has 2 aliphatic rings. The average molecular weight is 369 g/mol. The fraction of sp³-hybridized carbons (Fsp3) is 0.950. The number of nitrogens with zero attached hydrogens (tertiary/aromatic N) is 2. The van der Waals surface area contributed by atoms with Crippen LogP contribution >= 0.6 is 0 Å². The predicted molar refractivity (Wildman–Crippen MR) is 108 cm³/mol. The summed E-state index contributed by atoms with van der Waals surface area (Å²) in [6.45, 7) is 10.9. The molecule has 1 atom stereocenters. The smallest absolute Gasteiger partial charge is 0.191 e. The molecule has 1 aliphatic heterocycles. The lowest BCUT2D eigenvalue weighted by atomic mass is 10.1. The van der Waals surface area contributed by atoms with E-state index in [1.165, 1.54) is 38.5 Å². The van der Waals surface area contributed by atoms with Gasteiger partial charge in [0.1, 0.15) is 0 Å². The Labute approximate surface area is 160 Å². The molecular weight excluding hydrogens is 328 g/mol.